The predicted octanol–water partition coefficient (Wildman–Crippen LogP) is 5.97. The second-order valence-corrected chi connectivity index (χ2v) is 9.71. The second-order valence-electron chi connectivity index (χ2n) is 9.71. The molecule has 1 atom stereocenters. The summed E-state index contributed by atoms with van der Waals surface area (Å²) >= 11 is 0. The number of aromatic nitrogens is 3. The summed E-state index contributed by atoms with van der Waals surface area (Å²) in [4.78, 5) is 13.0. The van der Waals surface area contributed by atoms with Crippen LogP contribution in [-0.2, 0) is 5.92 Å². The van der Waals surface area contributed by atoms with Gasteiger partial charge in [0.05, 0.1) is 24.2 Å². The van der Waals surface area contributed by atoms with Gasteiger partial charge < -0.3 is 24.6 Å². The number of methoxy groups -OCH3 is 1. The molecule has 212 valence electrons. The van der Waals surface area contributed by atoms with Gasteiger partial charge >= 0.3 is 5.92 Å². The lowest BCUT2D eigenvalue weighted by Gasteiger charge is -2.30. The number of hydrogen-bond acceptors (Lipinski definition) is 8. The lowest BCUT2D eigenvalue weighted by molar-refractivity contribution is -0.170. The summed E-state index contributed by atoms with van der Waals surface area (Å²) in [6, 6.07) is 11.7. The second kappa shape index (κ2) is 11.5. The van der Waals surface area contributed by atoms with Gasteiger partial charge in [-0.15, -0.1) is 0 Å². The highest BCUT2D eigenvalue weighted by Crippen LogP contribution is 2.41. The van der Waals surface area contributed by atoms with Crippen molar-refractivity contribution in [2.24, 2.45) is 0 Å². The standard InChI is InChI=1S/C29H31F3N4O4/c1-17(19-9-8-10-21(26(19)30)29(31,32)28(3,4)37)34-27-20-15-24(23(38-5)16-22(20)35-18(2)36-27)39-13-14-40-25-11-6-7-12-33-25/h6-12,15-17,37H,13-14H2,1-5H3,(H,34,35,36)/t17-/m1/s1. The first kappa shape index (κ1) is 28.9. The van der Waals surface area contributed by atoms with Crippen molar-refractivity contribution < 1.29 is 32.5 Å². The van der Waals surface area contributed by atoms with E-state index in [1.807, 2.05) is 6.07 Å². The Morgan fingerprint density at radius 3 is 2.42 bits per heavy atom. The van der Waals surface area contributed by atoms with Gasteiger partial charge in [-0.1, -0.05) is 18.2 Å². The zero-order valence-electron chi connectivity index (χ0n) is 22.8. The predicted molar refractivity (Wildman–Crippen MR) is 145 cm³/mol. The fraction of sp³-hybridized carbons (Fsp3) is 0.345. The molecule has 2 N–H and O–H groups in total. The summed E-state index contributed by atoms with van der Waals surface area (Å²) in [5.41, 5.74) is -2.81. The molecule has 4 aromatic rings. The van der Waals surface area contributed by atoms with Crippen LogP contribution in [-0.4, -0.2) is 46.0 Å². The maximum atomic E-state index is 15.4. The molecule has 0 saturated heterocycles. The van der Waals surface area contributed by atoms with Crippen LogP contribution >= 0.6 is 0 Å². The van der Waals surface area contributed by atoms with Gasteiger partial charge in [0, 0.05) is 29.3 Å². The summed E-state index contributed by atoms with van der Waals surface area (Å²) in [6.45, 7) is 5.63. The molecule has 40 heavy (non-hydrogen) atoms. The summed E-state index contributed by atoms with van der Waals surface area (Å²) in [7, 11) is 1.51. The number of hydrogen-bond donors (Lipinski definition) is 2. The van der Waals surface area contributed by atoms with E-state index in [1.165, 1.54) is 19.2 Å². The third-order valence-electron chi connectivity index (χ3n) is 6.28. The van der Waals surface area contributed by atoms with Crippen molar-refractivity contribution in [3.05, 3.63) is 77.5 Å². The van der Waals surface area contributed by atoms with Gasteiger partial charge in [-0.2, -0.15) is 8.78 Å². The molecule has 0 bridgehead atoms. The van der Waals surface area contributed by atoms with Gasteiger partial charge in [0.15, 0.2) is 11.5 Å². The first-order valence-electron chi connectivity index (χ1n) is 12.6. The highest BCUT2D eigenvalue weighted by atomic mass is 19.3. The number of aryl methyl sites for hydroxylation is 1. The minimum absolute atomic E-state index is 0.0116. The number of alkyl halides is 2. The summed E-state index contributed by atoms with van der Waals surface area (Å²) in [5, 5.41) is 13.6. The quantitative estimate of drug-likeness (QED) is 0.218. The summed E-state index contributed by atoms with van der Waals surface area (Å²) in [6.07, 6.45) is 1.63. The molecule has 2 heterocycles. The average Bonchev–Trinajstić information content (AvgIpc) is 2.90. The van der Waals surface area contributed by atoms with Gasteiger partial charge in [-0.05, 0) is 45.9 Å². The average molecular weight is 557 g/mol. The third-order valence-corrected chi connectivity index (χ3v) is 6.28. The molecular formula is C29H31F3N4O4. The number of nitrogens with one attached hydrogen (secondary N) is 1. The zero-order chi connectivity index (χ0) is 29.1. The smallest absolute Gasteiger partial charge is 0.303 e. The number of halogens is 3. The summed E-state index contributed by atoms with van der Waals surface area (Å²) < 4.78 is 62.0. The Bertz CT molecular complexity index is 1480. The van der Waals surface area contributed by atoms with E-state index in [0.29, 0.717) is 39.9 Å². The van der Waals surface area contributed by atoms with Crippen LogP contribution in [0, 0.1) is 12.7 Å². The minimum Gasteiger partial charge on any atom is -0.493 e. The van der Waals surface area contributed by atoms with E-state index < -0.39 is 28.9 Å². The molecule has 2 aromatic heterocycles. The van der Waals surface area contributed by atoms with Gasteiger partial charge in [0.1, 0.15) is 36.3 Å². The van der Waals surface area contributed by atoms with Gasteiger partial charge in [-0.3, -0.25) is 0 Å². The highest BCUT2D eigenvalue weighted by molar-refractivity contribution is 5.92. The van der Waals surface area contributed by atoms with E-state index in [-0.39, 0.29) is 18.8 Å². The van der Waals surface area contributed by atoms with Crippen LogP contribution in [0.2, 0.25) is 0 Å². The Balaban J connectivity index is 1.62. The molecule has 0 radical (unpaired) electrons. The molecule has 0 amide bonds. The first-order valence-corrected chi connectivity index (χ1v) is 12.6. The lowest BCUT2D eigenvalue weighted by Crippen LogP contribution is -2.41. The molecule has 0 unspecified atom stereocenters. The molecule has 0 aliphatic heterocycles. The number of fused-ring (bicyclic) bond motifs is 1. The largest absolute Gasteiger partial charge is 0.493 e. The molecule has 8 nitrogen and oxygen atoms in total. The molecule has 0 fully saturated rings. The van der Waals surface area contributed by atoms with E-state index in [2.05, 4.69) is 20.3 Å². The van der Waals surface area contributed by atoms with Crippen molar-refractivity contribution in [3.8, 4) is 17.4 Å². The minimum atomic E-state index is -3.81. The SMILES string of the molecule is COc1cc2nc(C)nc(N[C@H](C)c3cccc(C(F)(F)C(C)(C)O)c3F)c2cc1OCCOc1ccccn1. The molecule has 0 saturated carbocycles. The van der Waals surface area contributed by atoms with E-state index in [9.17, 15) is 13.9 Å². The van der Waals surface area contributed by atoms with Gasteiger partial charge in [0.2, 0.25) is 5.88 Å². The first-order chi connectivity index (χ1) is 18.9. The monoisotopic (exact) mass is 556 g/mol. The number of nitrogens with zero attached hydrogens (tertiary/aromatic N) is 3. The van der Waals surface area contributed by atoms with Gasteiger partial charge in [-0.25, -0.2) is 19.3 Å². The van der Waals surface area contributed by atoms with E-state index >= 15 is 4.39 Å². The maximum Gasteiger partial charge on any atom is 0.303 e. The molecule has 4 rings (SSSR count). The molecule has 0 aliphatic carbocycles. The zero-order valence-corrected chi connectivity index (χ0v) is 22.8. The van der Waals surface area contributed by atoms with Gasteiger partial charge in [0.25, 0.3) is 0 Å². The van der Waals surface area contributed by atoms with Crippen molar-refractivity contribution in [2.45, 2.75) is 45.3 Å². The number of pyridine rings is 1. The number of rotatable bonds is 11. The maximum absolute atomic E-state index is 15.4. The third kappa shape index (κ3) is 6.04. The number of ether oxygens (including phenoxy) is 3. The number of anilines is 1. The Kier molecular flexibility index (Phi) is 8.34. The van der Waals surface area contributed by atoms with Crippen LogP contribution in [0.25, 0.3) is 10.9 Å². The fourth-order valence-corrected chi connectivity index (χ4v) is 4.10. The summed E-state index contributed by atoms with van der Waals surface area (Å²) in [5.74, 6) is -2.82. The molecule has 2 aromatic carbocycles. The van der Waals surface area contributed by atoms with Crippen molar-refractivity contribution in [2.75, 3.05) is 25.6 Å². The van der Waals surface area contributed by atoms with Crippen LogP contribution in [0.1, 0.15) is 43.8 Å². The Labute approximate surface area is 230 Å². The van der Waals surface area contributed by atoms with Crippen LogP contribution in [0.15, 0.2) is 54.7 Å². The van der Waals surface area contributed by atoms with Crippen LogP contribution in [0.4, 0.5) is 19.0 Å². The number of aliphatic hydroxyl groups is 1. The Hall–Kier alpha value is -4.12. The topological polar surface area (TPSA) is 98.6 Å². The highest BCUT2D eigenvalue weighted by Gasteiger charge is 2.49. The van der Waals surface area contributed by atoms with Crippen molar-refractivity contribution in [1.82, 2.24) is 15.0 Å². The Morgan fingerprint density at radius 1 is 1.00 bits per heavy atom. The molecule has 11 heteroatoms. The van der Waals surface area contributed by atoms with Crippen LogP contribution in [0.3, 0.4) is 0 Å². The molecule has 0 aliphatic rings. The van der Waals surface area contributed by atoms with Crippen molar-refractivity contribution >= 4 is 16.7 Å². The van der Waals surface area contributed by atoms with E-state index in [1.54, 1.807) is 44.3 Å². The lowest BCUT2D eigenvalue weighted by atomic mass is 9.91. The number of benzene rings is 2. The normalized spacial score (nSPS) is 12.7. The molecular weight excluding hydrogens is 525 g/mol. The fourth-order valence-electron chi connectivity index (χ4n) is 4.10. The molecule has 0 spiro atoms. The Morgan fingerprint density at radius 2 is 1.75 bits per heavy atom. The van der Waals surface area contributed by atoms with Crippen molar-refractivity contribution in [3.63, 3.8) is 0 Å². The van der Waals surface area contributed by atoms with Crippen molar-refractivity contribution in [1.29, 1.82) is 0 Å². The van der Waals surface area contributed by atoms with Crippen LogP contribution < -0.4 is 19.5 Å². The van der Waals surface area contributed by atoms with E-state index in [0.717, 1.165) is 19.9 Å². The van der Waals surface area contributed by atoms with Crippen LogP contribution in [0.5, 0.6) is 17.4 Å². The van der Waals surface area contributed by atoms with E-state index in [4.69, 9.17) is 14.2 Å².